The monoisotopic (exact) mass is 315 g/mol. The second-order valence-electron chi connectivity index (χ2n) is 5.49. The first-order valence-electron chi connectivity index (χ1n) is 7.73. The van der Waals surface area contributed by atoms with Gasteiger partial charge >= 0.3 is 0 Å². The van der Waals surface area contributed by atoms with Crippen molar-refractivity contribution in [3.8, 4) is 28.5 Å². The maximum Gasteiger partial charge on any atom is 0.155 e. The van der Waals surface area contributed by atoms with Crippen molar-refractivity contribution in [2.24, 2.45) is 0 Å². The summed E-state index contributed by atoms with van der Waals surface area (Å²) >= 11 is 0. The molecule has 4 heteroatoms. The summed E-state index contributed by atoms with van der Waals surface area (Å²) in [6.07, 6.45) is 1.81. The van der Waals surface area contributed by atoms with Crippen LogP contribution in [0.2, 0.25) is 0 Å². The molecule has 0 aliphatic carbocycles. The minimum Gasteiger partial charge on any atom is -0.497 e. The molecule has 4 nitrogen and oxygen atoms in total. The van der Waals surface area contributed by atoms with E-state index in [0.717, 1.165) is 39.6 Å². The van der Waals surface area contributed by atoms with E-state index >= 15 is 0 Å². The standard InChI is InChI=1S/C20H17N3O/c1-3-23-18(14-8-10-15(24-2)11-9-14)12-13-19(23)20-21-16-6-4-5-7-17(16)22-20/h3-13H,1H2,2H3,(H,21,22). The number of aromatic amines is 1. The van der Waals surface area contributed by atoms with E-state index in [2.05, 4.69) is 28.7 Å². The fraction of sp³-hybridized carbons (Fsp3) is 0.0500. The van der Waals surface area contributed by atoms with Crippen LogP contribution in [-0.4, -0.2) is 21.6 Å². The number of hydrogen-bond donors (Lipinski definition) is 1. The SMILES string of the molecule is C=Cn1c(-c2ccc(OC)cc2)ccc1-c1nc2ccccc2[nH]1. The molecular weight excluding hydrogens is 298 g/mol. The van der Waals surface area contributed by atoms with Crippen molar-refractivity contribution in [2.45, 2.75) is 0 Å². The van der Waals surface area contributed by atoms with Crippen molar-refractivity contribution >= 4 is 17.2 Å². The predicted molar refractivity (Wildman–Crippen MR) is 97.9 cm³/mol. The zero-order valence-corrected chi connectivity index (χ0v) is 13.4. The van der Waals surface area contributed by atoms with Gasteiger partial charge in [-0.3, -0.25) is 0 Å². The van der Waals surface area contributed by atoms with Gasteiger partial charge in [-0.25, -0.2) is 4.98 Å². The van der Waals surface area contributed by atoms with Gasteiger partial charge in [0.15, 0.2) is 5.82 Å². The number of nitrogens with one attached hydrogen (secondary N) is 1. The quantitative estimate of drug-likeness (QED) is 0.587. The summed E-state index contributed by atoms with van der Waals surface area (Å²) in [5, 5.41) is 0. The second-order valence-corrected chi connectivity index (χ2v) is 5.49. The van der Waals surface area contributed by atoms with Crippen molar-refractivity contribution in [3.63, 3.8) is 0 Å². The number of benzene rings is 2. The van der Waals surface area contributed by atoms with Crippen LogP contribution in [0.5, 0.6) is 5.75 Å². The molecule has 1 N–H and O–H groups in total. The highest BCUT2D eigenvalue weighted by Gasteiger charge is 2.13. The Balaban J connectivity index is 1.82. The fourth-order valence-electron chi connectivity index (χ4n) is 2.91. The highest BCUT2D eigenvalue weighted by atomic mass is 16.5. The topological polar surface area (TPSA) is 42.8 Å². The molecule has 0 unspecified atom stereocenters. The van der Waals surface area contributed by atoms with Crippen LogP contribution < -0.4 is 4.74 Å². The van der Waals surface area contributed by atoms with Crippen LogP contribution in [0.15, 0.2) is 67.2 Å². The van der Waals surface area contributed by atoms with Crippen LogP contribution >= 0.6 is 0 Å². The zero-order valence-electron chi connectivity index (χ0n) is 13.4. The number of ether oxygens (including phenoxy) is 1. The number of fused-ring (bicyclic) bond motifs is 1. The summed E-state index contributed by atoms with van der Waals surface area (Å²) < 4.78 is 7.27. The lowest BCUT2D eigenvalue weighted by molar-refractivity contribution is 0.415. The van der Waals surface area contributed by atoms with Gasteiger partial charge < -0.3 is 14.3 Å². The smallest absolute Gasteiger partial charge is 0.155 e. The Morgan fingerprint density at radius 1 is 1.00 bits per heavy atom. The van der Waals surface area contributed by atoms with Gasteiger partial charge in [-0.1, -0.05) is 18.7 Å². The molecule has 2 heterocycles. The van der Waals surface area contributed by atoms with Crippen LogP contribution in [0, 0.1) is 0 Å². The Hall–Kier alpha value is -3.27. The third kappa shape index (κ3) is 2.29. The molecule has 118 valence electrons. The highest BCUT2D eigenvalue weighted by molar-refractivity contribution is 5.80. The lowest BCUT2D eigenvalue weighted by Crippen LogP contribution is -1.94. The van der Waals surface area contributed by atoms with E-state index in [0.29, 0.717) is 0 Å². The Morgan fingerprint density at radius 3 is 2.46 bits per heavy atom. The maximum absolute atomic E-state index is 5.23. The van der Waals surface area contributed by atoms with Crippen LogP contribution in [0.3, 0.4) is 0 Å². The maximum atomic E-state index is 5.23. The summed E-state index contributed by atoms with van der Waals surface area (Å²) in [6.45, 7) is 3.96. The summed E-state index contributed by atoms with van der Waals surface area (Å²) in [7, 11) is 1.67. The van der Waals surface area contributed by atoms with Crippen molar-refractivity contribution in [1.29, 1.82) is 0 Å². The van der Waals surface area contributed by atoms with E-state index in [9.17, 15) is 0 Å². The molecule has 4 rings (SSSR count). The number of nitrogens with zero attached hydrogens (tertiary/aromatic N) is 2. The van der Waals surface area contributed by atoms with E-state index in [1.807, 2.05) is 59.3 Å². The average molecular weight is 315 g/mol. The molecule has 2 aromatic carbocycles. The third-order valence-electron chi connectivity index (χ3n) is 4.12. The predicted octanol–water partition coefficient (Wildman–Crippen LogP) is 4.81. The molecule has 0 atom stereocenters. The number of imidazole rings is 1. The van der Waals surface area contributed by atoms with Crippen LogP contribution in [0.4, 0.5) is 0 Å². The zero-order chi connectivity index (χ0) is 16.5. The molecule has 0 aliphatic heterocycles. The Labute approximate surface area is 140 Å². The molecule has 0 saturated carbocycles. The molecule has 0 fully saturated rings. The minimum absolute atomic E-state index is 0.830. The number of aromatic nitrogens is 3. The largest absolute Gasteiger partial charge is 0.497 e. The third-order valence-corrected chi connectivity index (χ3v) is 4.12. The summed E-state index contributed by atoms with van der Waals surface area (Å²) in [4.78, 5) is 8.05. The van der Waals surface area contributed by atoms with E-state index in [4.69, 9.17) is 4.74 Å². The Bertz CT molecular complexity index is 976. The van der Waals surface area contributed by atoms with E-state index in [-0.39, 0.29) is 0 Å². The Morgan fingerprint density at radius 2 is 1.75 bits per heavy atom. The normalized spacial score (nSPS) is 10.9. The van der Waals surface area contributed by atoms with Gasteiger partial charge in [-0.05, 0) is 54.1 Å². The van der Waals surface area contributed by atoms with Gasteiger partial charge in [-0.2, -0.15) is 0 Å². The van der Waals surface area contributed by atoms with Gasteiger partial charge in [0.2, 0.25) is 0 Å². The summed E-state index contributed by atoms with van der Waals surface area (Å²) in [5.41, 5.74) is 5.11. The van der Waals surface area contributed by atoms with E-state index in [1.54, 1.807) is 7.11 Å². The van der Waals surface area contributed by atoms with Crippen molar-refractivity contribution in [2.75, 3.05) is 7.11 Å². The molecule has 0 saturated heterocycles. The summed E-state index contributed by atoms with van der Waals surface area (Å²) in [6, 6.07) is 20.1. The summed E-state index contributed by atoms with van der Waals surface area (Å²) in [5.74, 6) is 1.67. The number of H-pyrrole nitrogens is 1. The van der Waals surface area contributed by atoms with E-state index < -0.39 is 0 Å². The first kappa shape index (κ1) is 14.3. The molecule has 0 bridgehead atoms. The molecule has 2 aromatic heterocycles. The van der Waals surface area contributed by atoms with Crippen molar-refractivity contribution < 1.29 is 4.74 Å². The van der Waals surface area contributed by atoms with Gasteiger partial charge in [-0.15, -0.1) is 0 Å². The van der Waals surface area contributed by atoms with Crippen LogP contribution in [-0.2, 0) is 0 Å². The molecule has 4 aromatic rings. The first-order valence-corrected chi connectivity index (χ1v) is 7.73. The minimum atomic E-state index is 0.830. The van der Waals surface area contributed by atoms with E-state index in [1.165, 1.54) is 0 Å². The highest BCUT2D eigenvalue weighted by Crippen LogP contribution is 2.30. The van der Waals surface area contributed by atoms with Crippen LogP contribution in [0.1, 0.15) is 0 Å². The van der Waals surface area contributed by atoms with Gasteiger partial charge in [0, 0.05) is 6.20 Å². The second kappa shape index (κ2) is 5.74. The molecule has 0 amide bonds. The average Bonchev–Trinajstić information content (AvgIpc) is 3.25. The number of para-hydroxylation sites is 2. The molecule has 0 spiro atoms. The first-order chi connectivity index (χ1) is 11.8. The number of methoxy groups -OCH3 is 1. The molecule has 0 aliphatic rings. The number of rotatable bonds is 4. The van der Waals surface area contributed by atoms with Crippen LogP contribution in [0.25, 0.3) is 40.0 Å². The fourth-order valence-corrected chi connectivity index (χ4v) is 2.91. The Kier molecular flexibility index (Phi) is 3.43. The molecule has 0 radical (unpaired) electrons. The van der Waals surface area contributed by atoms with Gasteiger partial charge in [0.05, 0.1) is 29.5 Å². The van der Waals surface area contributed by atoms with Crippen molar-refractivity contribution in [1.82, 2.24) is 14.5 Å². The van der Waals surface area contributed by atoms with Gasteiger partial charge in [0.25, 0.3) is 0 Å². The number of hydrogen-bond acceptors (Lipinski definition) is 2. The lowest BCUT2D eigenvalue weighted by Gasteiger charge is -2.08. The molecular formula is C20H17N3O. The van der Waals surface area contributed by atoms with Crippen molar-refractivity contribution in [3.05, 3.63) is 67.2 Å². The van der Waals surface area contributed by atoms with Gasteiger partial charge in [0.1, 0.15) is 5.75 Å². The molecule has 24 heavy (non-hydrogen) atoms. The lowest BCUT2D eigenvalue weighted by atomic mass is 10.1.